The monoisotopic (exact) mass is 304 g/mol. The van der Waals surface area contributed by atoms with Crippen molar-refractivity contribution < 1.29 is 9.53 Å². The molecule has 2 aliphatic rings. The highest BCUT2D eigenvalue weighted by atomic mass is 16.5. The summed E-state index contributed by atoms with van der Waals surface area (Å²) >= 11 is 0. The number of carbonyl (C=O) groups excluding carboxylic acids is 1. The lowest BCUT2D eigenvalue weighted by Crippen LogP contribution is -2.25. The maximum absolute atomic E-state index is 11.4. The standard InChI is InChI=1S/C20H32O2/c1-3-5-16-6-11-18(12-7-16)19-13-8-17(9-14-19)10-15-20(21)22-4-2/h3,5,10,15-19H,4,6-9,11-14H2,1-2H3/b5-3+,15-10+. The maximum atomic E-state index is 11.4. The molecule has 0 spiro atoms. The molecule has 0 amide bonds. The minimum Gasteiger partial charge on any atom is -0.463 e. The van der Waals surface area contributed by atoms with Crippen molar-refractivity contribution in [2.45, 2.75) is 65.2 Å². The molecule has 2 rings (SSSR count). The van der Waals surface area contributed by atoms with Crippen LogP contribution in [-0.2, 0) is 9.53 Å². The first kappa shape index (κ1) is 17.3. The van der Waals surface area contributed by atoms with Crippen molar-refractivity contribution in [3.63, 3.8) is 0 Å². The summed E-state index contributed by atoms with van der Waals surface area (Å²) in [4.78, 5) is 11.4. The predicted molar refractivity (Wildman–Crippen MR) is 91.5 cm³/mol. The molecule has 0 unspecified atom stereocenters. The Kier molecular flexibility index (Phi) is 7.21. The van der Waals surface area contributed by atoms with E-state index in [4.69, 9.17) is 4.74 Å². The van der Waals surface area contributed by atoms with Crippen molar-refractivity contribution in [2.24, 2.45) is 23.7 Å². The van der Waals surface area contributed by atoms with Crippen LogP contribution in [0.3, 0.4) is 0 Å². The molecule has 0 radical (unpaired) electrons. The SMILES string of the molecule is C/C=C/C1CCC(C2CCC(/C=C/C(=O)OCC)CC2)CC1. The van der Waals surface area contributed by atoms with Crippen molar-refractivity contribution in [3.05, 3.63) is 24.3 Å². The van der Waals surface area contributed by atoms with E-state index >= 15 is 0 Å². The van der Waals surface area contributed by atoms with Gasteiger partial charge in [0.15, 0.2) is 0 Å². The van der Waals surface area contributed by atoms with Crippen LogP contribution in [0.15, 0.2) is 24.3 Å². The Balaban J connectivity index is 1.70. The third-order valence-corrected chi connectivity index (χ3v) is 5.56. The van der Waals surface area contributed by atoms with Crippen LogP contribution in [0.2, 0.25) is 0 Å². The highest BCUT2D eigenvalue weighted by molar-refractivity contribution is 5.81. The minimum absolute atomic E-state index is 0.188. The lowest BCUT2D eigenvalue weighted by atomic mass is 9.69. The van der Waals surface area contributed by atoms with Crippen molar-refractivity contribution in [1.82, 2.24) is 0 Å². The van der Waals surface area contributed by atoms with E-state index in [0.29, 0.717) is 12.5 Å². The molecule has 2 heteroatoms. The van der Waals surface area contributed by atoms with Crippen molar-refractivity contribution in [2.75, 3.05) is 6.61 Å². The number of esters is 1. The van der Waals surface area contributed by atoms with Gasteiger partial charge in [0, 0.05) is 6.08 Å². The van der Waals surface area contributed by atoms with E-state index < -0.39 is 0 Å². The number of ether oxygens (including phenoxy) is 1. The van der Waals surface area contributed by atoms with Gasteiger partial charge in [0.25, 0.3) is 0 Å². The van der Waals surface area contributed by atoms with E-state index in [9.17, 15) is 4.79 Å². The Morgan fingerprint density at radius 2 is 1.41 bits per heavy atom. The van der Waals surface area contributed by atoms with Crippen molar-refractivity contribution >= 4 is 5.97 Å². The van der Waals surface area contributed by atoms with E-state index in [0.717, 1.165) is 17.8 Å². The molecule has 0 aliphatic heterocycles. The van der Waals surface area contributed by atoms with Gasteiger partial charge in [-0.25, -0.2) is 4.79 Å². The summed E-state index contributed by atoms with van der Waals surface area (Å²) in [5, 5.41) is 0. The average Bonchev–Trinajstić information content (AvgIpc) is 2.55. The zero-order valence-corrected chi connectivity index (χ0v) is 14.3. The van der Waals surface area contributed by atoms with Crippen LogP contribution in [-0.4, -0.2) is 12.6 Å². The summed E-state index contributed by atoms with van der Waals surface area (Å²) in [7, 11) is 0. The molecule has 2 nitrogen and oxygen atoms in total. The Hall–Kier alpha value is -1.05. The summed E-state index contributed by atoms with van der Waals surface area (Å²) in [5.74, 6) is 3.12. The molecule has 0 aromatic heterocycles. The lowest BCUT2D eigenvalue weighted by Gasteiger charge is -2.36. The number of allylic oxidation sites excluding steroid dienone is 3. The van der Waals surface area contributed by atoms with Crippen LogP contribution >= 0.6 is 0 Å². The molecule has 0 aromatic rings. The second kappa shape index (κ2) is 9.17. The largest absolute Gasteiger partial charge is 0.463 e. The smallest absolute Gasteiger partial charge is 0.330 e. The van der Waals surface area contributed by atoms with Gasteiger partial charge in [-0.15, -0.1) is 0 Å². The normalized spacial score (nSPS) is 33.4. The van der Waals surface area contributed by atoms with Crippen LogP contribution < -0.4 is 0 Å². The highest BCUT2D eigenvalue weighted by Crippen LogP contribution is 2.41. The predicted octanol–water partition coefficient (Wildman–Crippen LogP) is 5.29. The summed E-state index contributed by atoms with van der Waals surface area (Å²) in [6.45, 7) is 4.45. The molecule has 0 aromatic carbocycles. The Bertz CT molecular complexity index is 381. The Morgan fingerprint density at radius 1 is 0.909 bits per heavy atom. The van der Waals surface area contributed by atoms with E-state index in [2.05, 4.69) is 25.2 Å². The van der Waals surface area contributed by atoms with Crippen LogP contribution in [0.5, 0.6) is 0 Å². The van der Waals surface area contributed by atoms with E-state index in [-0.39, 0.29) is 5.97 Å². The van der Waals surface area contributed by atoms with Gasteiger partial charge in [0.1, 0.15) is 0 Å². The molecule has 2 saturated carbocycles. The maximum Gasteiger partial charge on any atom is 0.330 e. The minimum atomic E-state index is -0.188. The first-order valence-corrected chi connectivity index (χ1v) is 9.20. The third kappa shape index (κ3) is 5.30. The highest BCUT2D eigenvalue weighted by Gasteiger charge is 2.29. The van der Waals surface area contributed by atoms with Gasteiger partial charge in [-0.2, -0.15) is 0 Å². The second-order valence-electron chi connectivity index (χ2n) is 6.99. The Labute approximate surface area is 136 Å². The summed E-state index contributed by atoms with van der Waals surface area (Å²) in [6, 6.07) is 0. The van der Waals surface area contributed by atoms with Crippen LogP contribution in [0, 0.1) is 23.7 Å². The molecule has 2 aliphatic carbocycles. The Morgan fingerprint density at radius 3 is 1.86 bits per heavy atom. The summed E-state index contributed by atoms with van der Waals surface area (Å²) < 4.78 is 4.95. The first-order valence-electron chi connectivity index (χ1n) is 9.20. The average molecular weight is 304 g/mol. The van der Waals surface area contributed by atoms with Crippen molar-refractivity contribution in [1.29, 1.82) is 0 Å². The molecule has 0 atom stereocenters. The lowest BCUT2D eigenvalue weighted by molar-refractivity contribution is -0.137. The number of carbonyl (C=O) groups is 1. The van der Waals surface area contributed by atoms with Gasteiger partial charge in [0.2, 0.25) is 0 Å². The molecule has 22 heavy (non-hydrogen) atoms. The molecule has 0 N–H and O–H groups in total. The van der Waals surface area contributed by atoms with Crippen molar-refractivity contribution in [3.8, 4) is 0 Å². The van der Waals surface area contributed by atoms with E-state index in [1.165, 1.54) is 51.4 Å². The fraction of sp³-hybridized carbons (Fsp3) is 0.750. The first-order chi connectivity index (χ1) is 10.7. The molecule has 0 heterocycles. The number of hydrogen-bond acceptors (Lipinski definition) is 2. The zero-order chi connectivity index (χ0) is 15.8. The van der Waals surface area contributed by atoms with Gasteiger partial charge in [-0.05, 0) is 88.9 Å². The van der Waals surface area contributed by atoms with Gasteiger partial charge in [0.05, 0.1) is 6.61 Å². The van der Waals surface area contributed by atoms with Gasteiger partial charge in [-0.3, -0.25) is 0 Å². The van der Waals surface area contributed by atoms with Crippen LogP contribution in [0.4, 0.5) is 0 Å². The topological polar surface area (TPSA) is 26.3 Å². The van der Waals surface area contributed by atoms with Gasteiger partial charge in [-0.1, -0.05) is 18.2 Å². The summed E-state index contributed by atoms with van der Waals surface area (Å²) in [6.07, 6.45) is 19.1. The van der Waals surface area contributed by atoms with E-state index in [1.807, 2.05) is 6.92 Å². The van der Waals surface area contributed by atoms with Gasteiger partial charge < -0.3 is 4.74 Å². The van der Waals surface area contributed by atoms with E-state index in [1.54, 1.807) is 6.08 Å². The number of rotatable bonds is 5. The zero-order valence-electron chi connectivity index (χ0n) is 14.3. The fourth-order valence-electron chi connectivity index (χ4n) is 4.29. The molecule has 0 bridgehead atoms. The summed E-state index contributed by atoms with van der Waals surface area (Å²) in [5.41, 5.74) is 0. The third-order valence-electron chi connectivity index (χ3n) is 5.56. The second-order valence-corrected chi connectivity index (χ2v) is 6.99. The number of hydrogen-bond donors (Lipinski definition) is 0. The quantitative estimate of drug-likeness (QED) is 0.391. The van der Waals surface area contributed by atoms with Crippen LogP contribution in [0.25, 0.3) is 0 Å². The van der Waals surface area contributed by atoms with Gasteiger partial charge >= 0.3 is 5.97 Å². The molecule has 0 saturated heterocycles. The molecular formula is C20H32O2. The van der Waals surface area contributed by atoms with Crippen LogP contribution in [0.1, 0.15) is 65.2 Å². The molecular weight excluding hydrogens is 272 g/mol. The fourth-order valence-corrected chi connectivity index (χ4v) is 4.29. The molecule has 124 valence electrons. The molecule has 2 fully saturated rings.